The summed E-state index contributed by atoms with van der Waals surface area (Å²) in [5.74, 6) is 0.685. The molecule has 0 bridgehead atoms. The number of nitrogens with zero attached hydrogens (tertiary/aromatic N) is 1. The Bertz CT molecular complexity index is 850. The van der Waals surface area contributed by atoms with Crippen molar-refractivity contribution in [3.8, 4) is 17.6 Å². The number of hydrogen-bond donors (Lipinski definition) is 0. The molecule has 0 spiro atoms. The molecule has 5 nitrogen and oxygen atoms in total. The van der Waals surface area contributed by atoms with Crippen molar-refractivity contribution in [3.63, 3.8) is 0 Å². The summed E-state index contributed by atoms with van der Waals surface area (Å²) in [6, 6.07) is 16.4. The molecule has 0 aliphatic carbocycles. The summed E-state index contributed by atoms with van der Waals surface area (Å²) < 4.78 is 17.5. The van der Waals surface area contributed by atoms with E-state index in [0.29, 0.717) is 23.5 Å². The van der Waals surface area contributed by atoms with E-state index in [0.717, 1.165) is 18.2 Å². The van der Waals surface area contributed by atoms with Crippen LogP contribution in [0.15, 0.2) is 48.5 Å². The number of rotatable bonds is 9. The van der Waals surface area contributed by atoms with Crippen LogP contribution in [-0.2, 0) is 4.12 Å². The van der Waals surface area contributed by atoms with Crippen molar-refractivity contribution >= 4 is 22.6 Å². The van der Waals surface area contributed by atoms with Crippen molar-refractivity contribution in [2.24, 2.45) is 0 Å². The maximum Gasteiger partial charge on any atom is 0.343 e. The van der Waals surface area contributed by atoms with E-state index in [4.69, 9.17) is 18.9 Å². The first-order valence-electron chi connectivity index (χ1n) is 9.73. The van der Waals surface area contributed by atoms with Gasteiger partial charge in [-0.15, -0.1) is 0 Å². The minimum absolute atomic E-state index is 0.404. The minimum Gasteiger partial charge on any atom is -0.494 e. The zero-order valence-corrected chi connectivity index (χ0v) is 19.8. The van der Waals surface area contributed by atoms with E-state index in [-0.39, 0.29) is 0 Å². The Morgan fingerprint density at radius 3 is 2.07 bits per heavy atom. The summed E-state index contributed by atoms with van der Waals surface area (Å²) in [6.07, 6.45) is 0.951. The normalized spacial score (nSPS) is 11.6. The molecule has 0 saturated heterocycles. The molecule has 29 heavy (non-hydrogen) atoms. The van der Waals surface area contributed by atoms with Crippen LogP contribution in [0, 0.1) is 11.3 Å². The van der Waals surface area contributed by atoms with Crippen molar-refractivity contribution in [1.82, 2.24) is 0 Å². The Hall–Kier alpha value is -2.41. The zero-order valence-electron chi connectivity index (χ0n) is 17.8. The van der Waals surface area contributed by atoms with Gasteiger partial charge in [0.1, 0.15) is 11.5 Å². The van der Waals surface area contributed by atoms with Gasteiger partial charge in [-0.3, -0.25) is 0 Å². The molecule has 0 aliphatic heterocycles. The molecular formula is C22H29NO4Si2. The van der Waals surface area contributed by atoms with Crippen LogP contribution in [-0.4, -0.2) is 29.2 Å². The fourth-order valence-corrected chi connectivity index (χ4v) is 11.1. The van der Waals surface area contributed by atoms with E-state index in [9.17, 15) is 4.79 Å². The molecular weight excluding hydrogens is 398 g/mol. The molecule has 0 radical (unpaired) electrons. The highest BCUT2D eigenvalue weighted by molar-refractivity contribution is 6.84. The molecule has 2 aromatic carbocycles. The zero-order chi connectivity index (χ0) is 21.5. The van der Waals surface area contributed by atoms with Crippen LogP contribution < -0.4 is 9.47 Å². The number of benzene rings is 2. The standard InChI is InChI=1S/C22H29NO4Si2/c1-28(2,3)27-29(4,5)16-6-15-25-20-13-9-19(10-14-20)22(24)26-21-11-7-18(17-23)8-12-21/h7-14H,6,15-16H2,1-5H3. The van der Waals surface area contributed by atoms with Gasteiger partial charge < -0.3 is 13.6 Å². The smallest absolute Gasteiger partial charge is 0.343 e. The number of carbonyl (C=O) groups excluding carboxylic acids is 1. The molecule has 2 aromatic rings. The van der Waals surface area contributed by atoms with E-state index < -0.39 is 22.6 Å². The SMILES string of the molecule is C[Si](C)(C)O[Si](C)(C)CCCOc1ccc(C(=O)Oc2ccc(C#N)cc2)cc1. The summed E-state index contributed by atoms with van der Waals surface area (Å²) in [6.45, 7) is 11.8. The first-order chi connectivity index (χ1) is 13.6. The van der Waals surface area contributed by atoms with Gasteiger partial charge in [0, 0.05) is 0 Å². The van der Waals surface area contributed by atoms with Crippen LogP contribution in [0.3, 0.4) is 0 Å². The van der Waals surface area contributed by atoms with Gasteiger partial charge >= 0.3 is 5.97 Å². The van der Waals surface area contributed by atoms with Gasteiger partial charge in [0.15, 0.2) is 16.6 Å². The van der Waals surface area contributed by atoms with E-state index in [1.807, 2.05) is 6.07 Å². The van der Waals surface area contributed by atoms with Crippen molar-refractivity contribution in [2.75, 3.05) is 6.61 Å². The van der Waals surface area contributed by atoms with Gasteiger partial charge in [0.05, 0.1) is 23.8 Å². The number of nitriles is 1. The summed E-state index contributed by atoms with van der Waals surface area (Å²) in [5.41, 5.74) is 0.961. The molecule has 0 fully saturated rings. The quantitative estimate of drug-likeness (QED) is 0.225. The molecule has 154 valence electrons. The molecule has 0 N–H and O–H groups in total. The van der Waals surface area contributed by atoms with Gasteiger partial charge in [0.25, 0.3) is 0 Å². The van der Waals surface area contributed by atoms with Gasteiger partial charge in [-0.25, -0.2) is 4.79 Å². The summed E-state index contributed by atoms with van der Waals surface area (Å²) >= 11 is 0. The monoisotopic (exact) mass is 427 g/mol. The highest BCUT2D eigenvalue weighted by atomic mass is 28.4. The Labute approximate surface area is 175 Å². The van der Waals surface area contributed by atoms with Crippen LogP contribution in [0.25, 0.3) is 0 Å². The second kappa shape index (κ2) is 9.87. The second-order valence-corrected chi connectivity index (χ2v) is 17.5. The average molecular weight is 428 g/mol. The Morgan fingerprint density at radius 1 is 0.931 bits per heavy atom. The third-order valence-electron chi connectivity index (χ3n) is 4.06. The largest absolute Gasteiger partial charge is 0.494 e. The Balaban J connectivity index is 1.80. The lowest BCUT2D eigenvalue weighted by Gasteiger charge is -2.31. The first-order valence-corrected chi connectivity index (χ1v) is 16.3. The maximum absolute atomic E-state index is 12.2. The lowest BCUT2D eigenvalue weighted by molar-refractivity contribution is 0.0734. The third-order valence-corrected chi connectivity index (χ3v) is 10.3. The molecule has 7 heteroatoms. The summed E-state index contributed by atoms with van der Waals surface area (Å²) in [5, 5.41) is 8.80. The maximum atomic E-state index is 12.2. The minimum atomic E-state index is -1.64. The van der Waals surface area contributed by atoms with E-state index in [2.05, 4.69) is 32.7 Å². The molecule has 2 rings (SSSR count). The lowest BCUT2D eigenvalue weighted by atomic mass is 10.2. The van der Waals surface area contributed by atoms with E-state index in [1.165, 1.54) is 0 Å². The molecule has 0 unspecified atom stereocenters. The lowest BCUT2D eigenvalue weighted by Crippen LogP contribution is -2.42. The van der Waals surface area contributed by atoms with Crippen molar-refractivity contribution in [1.29, 1.82) is 5.26 Å². The van der Waals surface area contributed by atoms with Crippen LogP contribution in [0.1, 0.15) is 22.3 Å². The molecule has 0 heterocycles. The highest BCUT2D eigenvalue weighted by Crippen LogP contribution is 2.21. The van der Waals surface area contributed by atoms with Crippen LogP contribution in [0.2, 0.25) is 38.8 Å². The predicted molar refractivity (Wildman–Crippen MR) is 119 cm³/mol. The van der Waals surface area contributed by atoms with Gasteiger partial charge in [-0.05, 0) is 93.7 Å². The fourth-order valence-electron chi connectivity index (χ4n) is 3.02. The summed E-state index contributed by atoms with van der Waals surface area (Å²) in [7, 11) is -3.15. The van der Waals surface area contributed by atoms with Crippen LogP contribution in [0.5, 0.6) is 11.5 Å². The number of esters is 1. The molecule has 0 atom stereocenters. The Morgan fingerprint density at radius 2 is 1.52 bits per heavy atom. The molecule has 0 amide bonds. The van der Waals surface area contributed by atoms with Gasteiger partial charge in [-0.1, -0.05) is 0 Å². The van der Waals surface area contributed by atoms with Crippen molar-refractivity contribution < 1.29 is 18.4 Å². The van der Waals surface area contributed by atoms with Gasteiger partial charge in [-0.2, -0.15) is 5.26 Å². The van der Waals surface area contributed by atoms with Crippen molar-refractivity contribution in [3.05, 3.63) is 59.7 Å². The predicted octanol–water partition coefficient (Wildman–Crippen LogP) is 5.60. The van der Waals surface area contributed by atoms with Crippen LogP contribution in [0.4, 0.5) is 0 Å². The first kappa shape index (κ1) is 22.9. The number of carbonyl (C=O) groups is 1. The average Bonchev–Trinajstić information content (AvgIpc) is 2.64. The summed E-state index contributed by atoms with van der Waals surface area (Å²) in [4.78, 5) is 12.2. The van der Waals surface area contributed by atoms with Crippen molar-refractivity contribution in [2.45, 2.75) is 45.2 Å². The number of ether oxygens (including phenoxy) is 2. The molecule has 0 saturated carbocycles. The van der Waals surface area contributed by atoms with Gasteiger partial charge in [0.2, 0.25) is 0 Å². The molecule has 0 aliphatic rings. The number of hydrogen-bond acceptors (Lipinski definition) is 5. The molecule has 0 aromatic heterocycles. The second-order valence-electron chi connectivity index (χ2n) is 8.48. The topological polar surface area (TPSA) is 68.6 Å². The fraction of sp³-hybridized carbons (Fsp3) is 0.364. The Kier molecular flexibility index (Phi) is 7.79. The van der Waals surface area contributed by atoms with E-state index >= 15 is 0 Å². The van der Waals surface area contributed by atoms with Crippen LogP contribution >= 0.6 is 0 Å². The highest BCUT2D eigenvalue weighted by Gasteiger charge is 2.28. The third kappa shape index (κ3) is 8.24. The van der Waals surface area contributed by atoms with E-state index in [1.54, 1.807) is 48.5 Å².